The summed E-state index contributed by atoms with van der Waals surface area (Å²) >= 11 is 0. The molecule has 0 radical (unpaired) electrons. The van der Waals surface area contributed by atoms with Crippen LogP contribution < -0.4 is 14.5 Å². The molecule has 0 unspecified atom stereocenters. The van der Waals surface area contributed by atoms with E-state index in [-0.39, 0.29) is 5.41 Å². The first-order chi connectivity index (χ1) is 35.5. The first kappa shape index (κ1) is 46.8. The number of aromatic nitrogens is 2. The Morgan fingerprint density at radius 3 is 1.63 bits per heavy atom. The van der Waals surface area contributed by atoms with Crippen molar-refractivity contribution in [2.75, 3.05) is 70.8 Å². The number of nitrogens with zero attached hydrogens (tertiary/aromatic N) is 8. The van der Waals surface area contributed by atoms with E-state index in [2.05, 4.69) is 265 Å². The maximum Gasteiger partial charge on any atom is 0.137 e. The molecular weight excluding hydrogens is 897 g/mol. The van der Waals surface area contributed by atoms with Gasteiger partial charge in [0.15, 0.2) is 0 Å². The average Bonchev–Trinajstić information content (AvgIpc) is 3.95. The lowest BCUT2D eigenvalue weighted by atomic mass is 9.79. The van der Waals surface area contributed by atoms with Gasteiger partial charge in [-0.25, -0.2) is 4.98 Å². The SMILES string of the molecule is CN1CCCN(C)C1(c1ccccc1)c1cccc(C2(c3ccccc3)N(C)CCCN2C)c1N1CN(c2cccc(Oc3ccc4c5ccccc5n(-c5cc(C(C)(C)C)ccn5)c4c3)c2)c2ccccc21. The molecule has 3 aliphatic rings. The predicted octanol–water partition coefficient (Wildman–Crippen LogP) is 13.5. The molecule has 9 aromatic rings. The molecule has 0 aliphatic carbocycles. The van der Waals surface area contributed by atoms with E-state index in [1.54, 1.807) is 0 Å². The molecule has 0 bridgehead atoms. The first-order valence-corrected chi connectivity index (χ1v) is 26.0. The Labute approximate surface area is 431 Å². The number of ether oxygens (including phenoxy) is 1. The third-order valence-electron chi connectivity index (χ3n) is 16.2. The lowest BCUT2D eigenvalue weighted by Gasteiger charge is -2.56. The van der Waals surface area contributed by atoms with Gasteiger partial charge in [0.05, 0.1) is 28.1 Å². The number of hydrogen-bond acceptors (Lipinski definition) is 8. The third kappa shape index (κ3) is 7.55. The minimum Gasteiger partial charge on any atom is -0.457 e. The van der Waals surface area contributed by atoms with Crippen molar-refractivity contribution >= 4 is 44.6 Å². The standard InChI is InChI=1S/C64H66N8O/c1-62(2,3)48-36-37-65-60(42-48)72-56-31-15-14-28-52(56)53-35-34-51(44-59(53)72)73-50-27-18-26-49(43-50)70-45-71(58-33-17-16-32-57(58)70)61-54(63(46-22-10-8-11-23-46)66(4)38-20-39-67(63)5)29-19-30-55(61)64(47-24-12-9-13-25-47)68(6)40-21-41-69(64)7/h8-19,22-37,42-44H,20-21,38-41,45H2,1-7H3. The smallest absolute Gasteiger partial charge is 0.137 e. The Balaban J connectivity index is 1.00. The maximum atomic E-state index is 6.92. The van der Waals surface area contributed by atoms with Gasteiger partial charge in [-0.15, -0.1) is 0 Å². The molecule has 5 heterocycles. The number of pyridine rings is 1. The summed E-state index contributed by atoms with van der Waals surface area (Å²) in [5.74, 6) is 2.43. The molecule has 2 aromatic heterocycles. The highest BCUT2D eigenvalue weighted by molar-refractivity contribution is 6.09. The maximum absolute atomic E-state index is 6.92. The van der Waals surface area contributed by atoms with Crippen molar-refractivity contribution in [2.24, 2.45) is 0 Å². The number of benzene rings is 7. The molecule has 0 spiro atoms. The molecule has 9 heteroatoms. The minimum absolute atomic E-state index is 0.0193. The Kier molecular flexibility index (Phi) is 11.8. The van der Waals surface area contributed by atoms with Crippen molar-refractivity contribution in [3.05, 3.63) is 216 Å². The van der Waals surface area contributed by atoms with Gasteiger partial charge in [0.25, 0.3) is 0 Å². The van der Waals surface area contributed by atoms with E-state index in [4.69, 9.17) is 9.72 Å². The first-order valence-electron chi connectivity index (χ1n) is 26.0. The van der Waals surface area contributed by atoms with Crippen LogP contribution in [-0.2, 0) is 16.7 Å². The fourth-order valence-electron chi connectivity index (χ4n) is 12.8. The number of para-hydroxylation sites is 4. The van der Waals surface area contributed by atoms with Gasteiger partial charge < -0.3 is 14.5 Å². The molecule has 2 saturated heterocycles. The van der Waals surface area contributed by atoms with Crippen molar-refractivity contribution in [1.29, 1.82) is 0 Å². The van der Waals surface area contributed by atoms with Gasteiger partial charge in [0.1, 0.15) is 35.3 Å². The highest BCUT2D eigenvalue weighted by Crippen LogP contribution is 2.55. The molecule has 73 heavy (non-hydrogen) atoms. The van der Waals surface area contributed by atoms with Crippen molar-refractivity contribution in [1.82, 2.24) is 29.2 Å². The van der Waals surface area contributed by atoms with Crippen molar-refractivity contribution in [2.45, 2.75) is 50.4 Å². The molecule has 0 amide bonds. The quantitative estimate of drug-likeness (QED) is 0.142. The molecule has 3 aliphatic heterocycles. The lowest BCUT2D eigenvalue weighted by molar-refractivity contribution is -0.0379. The van der Waals surface area contributed by atoms with Crippen LogP contribution in [0.4, 0.5) is 22.7 Å². The molecule has 2 fully saturated rings. The summed E-state index contributed by atoms with van der Waals surface area (Å²) in [5, 5.41) is 2.34. The summed E-state index contributed by atoms with van der Waals surface area (Å²) in [6.45, 7) is 11.2. The fraction of sp³-hybridized carbons (Fsp3) is 0.266. The van der Waals surface area contributed by atoms with Crippen LogP contribution in [0.5, 0.6) is 11.5 Å². The third-order valence-corrected chi connectivity index (χ3v) is 16.2. The summed E-state index contributed by atoms with van der Waals surface area (Å²) in [6.07, 6.45) is 4.12. The van der Waals surface area contributed by atoms with E-state index in [1.165, 1.54) is 44.6 Å². The summed E-state index contributed by atoms with van der Waals surface area (Å²) in [5.41, 5.74) is 11.9. The van der Waals surface area contributed by atoms with Gasteiger partial charge in [-0.1, -0.05) is 136 Å². The molecule has 9 nitrogen and oxygen atoms in total. The molecule has 7 aromatic carbocycles. The topological polar surface area (TPSA) is 46.5 Å². The van der Waals surface area contributed by atoms with E-state index in [9.17, 15) is 0 Å². The van der Waals surface area contributed by atoms with Crippen LogP contribution in [0.3, 0.4) is 0 Å². The zero-order valence-corrected chi connectivity index (χ0v) is 43.3. The second-order valence-electron chi connectivity index (χ2n) is 21.4. The predicted molar refractivity (Wildman–Crippen MR) is 300 cm³/mol. The number of fused-ring (bicyclic) bond motifs is 4. The van der Waals surface area contributed by atoms with Crippen LogP contribution in [0.15, 0.2) is 188 Å². The summed E-state index contributed by atoms with van der Waals surface area (Å²) < 4.78 is 9.20. The second-order valence-corrected chi connectivity index (χ2v) is 21.4. The zero-order valence-electron chi connectivity index (χ0n) is 43.3. The summed E-state index contributed by atoms with van der Waals surface area (Å²) in [7, 11) is 9.28. The summed E-state index contributed by atoms with van der Waals surface area (Å²) in [6, 6.07) is 66.5. The monoisotopic (exact) mass is 963 g/mol. The zero-order chi connectivity index (χ0) is 50.1. The Hall–Kier alpha value is -7.27. The van der Waals surface area contributed by atoms with Crippen LogP contribution in [0.1, 0.15) is 61.4 Å². The van der Waals surface area contributed by atoms with Crippen molar-refractivity contribution in [3.8, 4) is 17.3 Å². The highest BCUT2D eigenvalue weighted by Gasteiger charge is 2.52. The van der Waals surface area contributed by atoms with Crippen LogP contribution in [0.2, 0.25) is 0 Å². The van der Waals surface area contributed by atoms with Gasteiger partial charge in [-0.2, -0.15) is 0 Å². The van der Waals surface area contributed by atoms with Crippen LogP contribution >= 0.6 is 0 Å². The fourth-order valence-corrected chi connectivity index (χ4v) is 12.8. The average molecular weight is 963 g/mol. The van der Waals surface area contributed by atoms with Crippen LogP contribution in [0.25, 0.3) is 27.6 Å². The Morgan fingerprint density at radius 1 is 0.479 bits per heavy atom. The van der Waals surface area contributed by atoms with Gasteiger partial charge in [-0.05, 0) is 118 Å². The van der Waals surface area contributed by atoms with Gasteiger partial charge >= 0.3 is 0 Å². The largest absolute Gasteiger partial charge is 0.457 e. The lowest BCUT2D eigenvalue weighted by Crippen LogP contribution is -2.62. The van der Waals surface area contributed by atoms with Crippen molar-refractivity contribution < 1.29 is 4.74 Å². The van der Waals surface area contributed by atoms with Crippen LogP contribution in [-0.4, -0.2) is 90.2 Å². The molecule has 0 saturated carbocycles. The van der Waals surface area contributed by atoms with Gasteiger partial charge in [0.2, 0.25) is 0 Å². The number of rotatable bonds is 9. The molecule has 0 atom stereocenters. The van der Waals surface area contributed by atoms with Gasteiger partial charge in [-0.3, -0.25) is 24.2 Å². The van der Waals surface area contributed by atoms with E-state index in [0.717, 1.165) is 84.1 Å². The number of anilines is 4. The molecular formula is C64H66N8O. The Bertz CT molecular complexity index is 3360. The molecule has 368 valence electrons. The normalized spacial score (nSPS) is 17.6. The van der Waals surface area contributed by atoms with E-state index in [1.807, 2.05) is 6.20 Å². The van der Waals surface area contributed by atoms with Crippen molar-refractivity contribution in [3.63, 3.8) is 0 Å². The van der Waals surface area contributed by atoms with Gasteiger partial charge in [0, 0.05) is 72.1 Å². The molecule has 12 rings (SSSR count). The number of hydrogen-bond donors (Lipinski definition) is 0. The van der Waals surface area contributed by atoms with E-state index < -0.39 is 11.3 Å². The minimum atomic E-state index is -0.567. The Morgan fingerprint density at radius 2 is 1.01 bits per heavy atom. The van der Waals surface area contributed by atoms with E-state index >= 15 is 0 Å². The second kappa shape index (κ2) is 18.3. The summed E-state index contributed by atoms with van der Waals surface area (Å²) in [4.78, 5) is 20.4. The molecule has 0 N–H and O–H groups in total. The van der Waals surface area contributed by atoms with E-state index in [0.29, 0.717) is 6.67 Å². The highest BCUT2D eigenvalue weighted by atomic mass is 16.5. The van der Waals surface area contributed by atoms with Crippen LogP contribution in [0, 0.1) is 0 Å².